The maximum absolute atomic E-state index is 13.3. The molecule has 0 unspecified atom stereocenters. The van der Waals surface area contributed by atoms with Gasteiger partial charge in [-0.1, -0.05) is 38.1 Å². The summed E-state index contributed by atoms with van der Waals surface area (Å²) in [6.45, 7) is 10.5. The van der Waals surface area contributed by atoms with Crippen LogP contribution in [0.4, 0.5) is 16.2 Å². The number of rotatable bonds is 6. The fraction of sp³-hybridized carbons (Fsp3) is 0.423. The van der Waals surface area contributed by atoms with Crippen LogP contribution in [0, 0.1) is 0 Å². The summed E-state index contributed by atoms with van der Waals surface area (Å²) in [4.78, 5) is 42.2. The lowest BCUT2D eigenvalue weighted by molar-refractivity contribution is -0.136. The number of carbonyl (C=O) groups is 3. The van der Waals surface area contributed by atoms with E-state index in [9.17, 15) is 14.4 Å². The van der Waals surface area contributed by atoms with Gasteiger partial charge in [0.1, 0.15) is 11.6 Å². The van der Waals surface area contributed by atoms with Crippen LogP contribution in [-0.2, 0) is 19.9 Å². The lowest BCUT2D eigenvalue weighted by atomic mass is 9.90. The molecule has 2 N–H and O–H groups in total. The standard InChI is InChI=1S/C26H32N4O4/c1-17(2)19-5-7-20(8-6-19)26(4)24(32)30(25(33)28-26)18(3)23(31)27-21-9-11-22(12-10-21)29-13-15-34-16-14-29/h5-12,17-18H,13-16H2,1-4H3,(H,27,31)(H,28,33)/t18-,26+/m0/s1. The highest BCUT2D eigenvalue weighted by Crippen LogP contribution is 2.31. The molecule has 2 aliphatic heterocycles. The third kappa shape index (κ3) is 4.50. The quantitative estimate of drug-likeness (QED) is 0.639. The number of morpholine rings is 1. The number of anilines is 2. The molecular weight excluding hydrogens is 432 g/mol. The molecule has 2 saturated heterocycles. The third-order valence-electron chi connectivity index (χ3n) is 6.65. The molecule has 0 aliphatic carbocycles. The number of hydrogen-bond donors (Lipinski definition) is 2. The number of nitrogens with zero attached hydrogens (tertiary/aromatic N) is 2. The highest BCUT2D eigenvalue weighted by Gasteiger charge is 2.51. The minimum Gasteiger partial charge on any atom is -0.378 e. The zero-order valence-electron chi connectivity index (χ0n) is 20.1. The summed E-state index contributed by atoms with van der Waals surface area (Å²) < 4.78 is 5.38. The zero-order valence-corrected chi connectivity index (χ0v) is 20.1. The average molecular weight is 465 g/mol. The van der Waals surface area contributed by atoms with Crippen LogP contribution in [0.3, 0.4) is 0 Å². The first-order chi connectivity index (χ1) is 16.2. The van der Waals surface area contributed by atoms with E-state index < -0.39 is 29.4 Å². The Kier molecular flexibility index (Phi) is 6.61. The molecule has 180 valence electrons. The Morgan fingerprint density at radius 2 is 1.62 bits per heavy atom. The number of urea groups is 1. The van der Waals surface area contributed by atoms with Gasteiger partial charge in [0.25, 0.3) is 5.91 Å². The van der Waals surface area contributed by atoms with Gasteiger partial charge >= 0.3 is 6.03 Å². The van der Waals surface area contributed by atoms with Crippen LogP contribution in [0.25, 0.3) is 0 Å². The van der Waals surface area contributed by atoms with Crippen molar-refractivity contribution in [2.24, 2.45) is 0 Å². The minimum atomic E-state index is -1.22. The van der Waals surface area contributed by atoms with Gasteiger partial charge in [-0.3, -0.25) is 9.59 Å². The van der Waals surface area contributed by atoms with E-state index >= 15 is 0 Å². The van der Waals surface area contributed by atoms with Crippen LogP contribution in [-0.4, -0.2) is 55.1 Å². The molecule has 4 rings (SSSR count). The fourth-order valence-electron chi connectivity index (χ4n) is 4.35. The van der Waals surface area contributed by atoms with Crippen LogP contribution in [0.5, 0.6) is 0 Å². The monoisotopic (exact) mass is 464 g/mol. The number of ether oxygens (including phenoxy) is 1. The molecule has 2 aromatic rings. The molecule has 2 heterocycles. The number of imide groups is 1. The molecule has 2 aromatic carbocycles. The molecule has 2 fully saturated rings. The third-order valence-corrected chi connectivity index (χ3v) is 6.65. The number of carbonyl (C=O) groups excluding carboxylic acids is 3. The van der Waals surface area contributed by atoms with E-state index in [-0.39, 0.29) is 0 Å². The van der Waals surface area contributed by atoms with Crippen molar-refractivity contribution in [2.75, 3.05) is 36.5 Å². The molecule has 8 nitrogen and oxygen atoms in total. The maximum Gasteiger partial charge on any atom is 0.326 e. The molecule has 4 amide bonds. The van der Waals surface area contributed by atoms with Crippen LogP contribution < -0.4 is 15.5 Å². The topological polar surface area (TPSA) is 91.0 Å². The second kappa shape index (κ2) is 9.46. The second-order valence-corrected chi connectivity index (χ2v) is 9.32. The van der Waals surface area contributed by atoms with Crippen molar-refractivity contribution in [1.82, 2.24) is 10.2 Å². The van der Waals surface area contributed by atoms with Crippen molar-refractivity contribution in [1.29, 1.82) is 0 Å². The number of benzene rings is 2. The Hall–Kier alpha value is -3.39. The summed E-state index contributed by atoms with van der Waals surface area (Å²) >= 11 is 0. The molecule has 0 radical (unpaired) electrons. The highest BCUT2D eigenvalue weighted by molar-refractivity contribution is 6.11. The minimum absolute atomic E-state index is 0.360. The normalized spacial score (nSPS) is 21.6. The largest absolute Gasteiger partial charge is 0.378 e. The van der Waals surface area contributed by atoms with Crippen molar-refractivity contribution in [3.8, 4) is 0 Å². The molecule has 0 spiro atoms. The van der Waals surface area contributed by atoms with Gasteiger partial charge in [0.15, 0.2) is 0 Å². The second-order valence-electron chi connectivity index (χ2n) is 9.32. The number of amides is 4. The SMILES string of the molecule is CC(C)c1ccc([C@@]2(C)NC(=O)N([C@@H](C)C(=O)Nc3ccc(N4CCOCC4)cc3)C2=O)cc1. The summed E-state index contributed by atoms with van der Waals surface area (Å²) in [6.07, 6.45) is 0. The molecular formula is C26H32N4O4. The predicted octanol–water partition coefficient (Wildman–Crippen LogP) is 3.44. The van der Waals surface area contributed by atoms with Gasteiger partial charge in [-0.2, -0.15) is 0 Å². The van der Waals surface area contributed by atoms with E-state index in [2.05, 4.69) is 29.4 Å². The van der Waals surface area contributed by atoms with Crippen molar-refractivity contribution < 1.29 is 19.1 Å². The van der Waals surface area contributed by atoms with Gasteiger partial charge in [0, 0.05) is 24.5 Å². The Morgan fingerprint density at radius 1 is 1.00 bits per heavy atom. The molecule has 2 aliphatic rings. The summed E-state index contributed by atoms with van der Waals surface area (Å²) in [5.74, 6) is -0.513. The van der Waals surface area contributed by atoms with Gasteiger partial charge in [0.05, 0.1) is 13.2 Å². The van der Waals surface area contributed by atoms with E-state index in [4.69, 9.17) is 4.74 Å². The van der Waals surface area contributed by atoms with Gasteiger partial charge in [0.2, 0.25) is 5.91 Å². The first-order valence-corrected chi connectivity index (χ1v) is 11.7. The van der Waals surface area contributed by atoms with E-state index in [1.54, 1.807) is 13.8 Å². The van der Waals surface area contributed by atoms with E-state index in [0.717, 1.165) is 29.2 Å². The number of nitrogens with one attached hydrogen (secondary N) is 2. The average Bonchev–Trinajstić information content (AvgIpc) is 3.08. The van der Waals surface area contributed by atoms with Crippen molar-refractivity contribution >= 4 is 29.2 Å². The van der Waals surface area contributed by atoms with Crippen LogP contribution >= 0.6 is 0 Å². The van der Waals surface area contributed by atoms with Gasteiger partial charge in [-0.25, -0.2) is 9.69 Å². The van der Waals surface area contributed by atoms with Gasteiger partial charge in [-0.15, -0.1) is 0 Å². The summed E-state index contributed by atoms with van der Waals surface area (Å²) in [7, 11) is 0. The van der Waals surface area contributed by atoms with E-state index in [0.29, 0.717) is 30.4 Å². The lowest BCUT2D eigenvalue weighted by Crippen LogP contribution is -2.47. The molecule has 34 heavy (non-hydrogen) atoms. The fourth-order valence-corrected chi connectivity index (χ4v) is 4.35. The molecule has 2 atom stereocenters. The maximum atomic E-state index is 13.3. The van der Waals surface area contributed by atoms with Crippen LogP contribution in [0.2, 0.25) is 0 Å². The van der Waals surface area contributed by atoms with Crippen molar-refractivity contribution in [3.63, 3.8) is 0 Å². The predicted molar refractivity (Wildman–Crippen MR) is 131 cm³/mol. The Labute approximate surface area is 200 Å². The Balaban J connectivity index is 1.44. The Bertz CT molecular complexity index is 1060. The first kappa shape index (κ1) is 23.8. The summed E-state index contributed by atoms with van der Waals surface area (Å²) in [6, 6.07) is 13.6. The van der Waals surface area contributed by atoms with Gasteiger partial charge in [-0.05, 0) is 55.2 Å². The lowest BCUT2D eigenvalue weighted by Gasteiger charge is -2.29. The summed E-state index contributed by atoms with van der Waals surface area (Å²) in [5, 5.41) is 5.60. The smallest absolute Gasteiger partial charge is 0.326 e. The Morgan fingerprint density at radius 3 is 2.21 bits per heavy atom. The van der Waals surface area contributed by atoms with Crippen LogP contribution in [0.15, 0.2) is 48.5 Å². The van der Waals surface area contributed by atoms with Crippen molar-refractivity contribution in [2.45, 2.75) is 45.2 Å². The molecule has 0 bridgehead atoms. The molecule has 0 saturated carbocycles. The molecule has 8 heteroatoms. The van der Waals surface area contributed by atoms with Crippen LogP contribution in [0.1, 0.15) is 44.7 Å². The highest BCUT2D eigenvalue weighted by atomic mass is 16.5. The van der Waals surface area contributed by atoms with Crippen molar-refractivity contribution in [3.05, 3.63) is 59.7 Å². The van der Waals surface area contributed by atoms with E-state index in [1.165, 1.54) is 0 Å². The number of hydrogen-bond acceptors (Lipinski definition) is 5. The summed E-state index contributed by atoms with van der Waals surface area (Å²) in [5.41, 5.74) is 2.27. The zero-order chi connectivity index (χ0) is 24.5. The first-order valence-electron chi connectivity index (χ1n) is 11.7. The molecule has 0 aromatic heterocycles. The van der Waals surface area contributed by atoms with Gasteiger partial charge < -0.3 is 20.3 Å². The van der Waals surface area contributed by atoms with E-state index in [1.807, 2.05) is 48.5 Å².